The molecule has 0 aliphatic heterocycles. The molecule has 0 fully saturated rings. The molecule has 0 unspecified atom stereocenters. The van der Waals surface area contributed by atoms with Gasteiger partial charge in [0.2, 0.25) is 5.88 Å². The standard InChI is InChI=1S/C22H14Cl2N2O2/c1-14-4-3-5-15(8-14)6-7-18-12-20(21(24)22(26-18)27-2)28-19-10-16(13-25)9-17(23)11-19/h3-5,8-12H,1-2H3. The van der Waals surface area contributed by atoms with E-state index in [0.717, 1.165) is 11.1 Å². The number of pyridine rings is 1. The molecule has 0 amide bonds. The van der Waals surface area contributed by atoms with Gasteiger partial charge in [-0.1, -0.05) is 41.3 Å². The van der Waals surface area contributed by atoms with E-state index < -0.39 is 0 Å². The largest absolute Gasteiger partial charge is 0.480 e. The summed E-state index contributed by atoms with van der Waals surface area (Å²) < 4.78 is 11.1. The van der Waals surface area contributed by atoms with E-state index in [1.54, 1.807) is 24.3 Å². The SMILES string of the molecule is COc1nc(C#Cc2cccc(C)c2)cc(Oc2cc(Cl)cc(C#N)c2)c1Cl. The molecule has 0 spiro atoms. The fourth-order valence-corrected chi connectivity index (χ4v) is 2.87. The smallest absolute Gasteiger partial charge is 0.237 e. The van der Waals surface area contributed by atoms with Crippen molar-refractivity contribution in [1.82, 2.24) is 4.98 Å². The molecule has 0 saturated carbocycles. The summed E-state index contributed by atoms with van der Waals surface area (Å²) in [6.07, 6.45) is 0. The minimum atomic E-state index is 0.190. The zero-order chi connectivity index (χ0) is 20.1. The van der Waals surface area contributed by atoms with Crippen LogP contribution in [0.5, 0.6) is 17.4 Å². The van der Waals surface area contributed by atoms with Crippen LogP contribution in [0.15, 0.2) is 48.5 Å². The van der Waals surface area contributed by atoms with Crippen molar-refractivity contribution < 1.29 is 9.47 Å². The highest BCUT2D eigenvalue weighted by Gasteiger charge is 2.14. The Labute approximate surface area is 173 Å². The van der Waals surface area contributed by atoms with Crippen LogP contribution >= 0.6 is 23.2 Å². The van der Waals surface area contributed by atoms with Crippen LogP contribution in [0, 0.1) is 30.1 Å². The normalized spacial score (nSPS) is 9.82. The summed E-state index contributed by atoms with van der Waals surface area (Å²) in [4.78, 5) is 4.30. The van der Waals surface area contributed by atoms with Crippen LogP contribution < -0.4 is 9.47 Å². The average molecular weight is 409 g/mol. The van der Waals surface area contributed by atoms with E-state index in [1.165, 1.54) is 7.11 Å². The third kappa shape index (κ3) is 4.75. The first-order chi connectivity index (χ1) is 13.5. The maximum Gasteiger partial charge on any atom is 0.237 e. The minimum Gasteiger partial charge on any atom is -0.480 e. The lowest BCUT2D eigenvalue weighted by Gasteiger charge is -2.11. The van der Waals surface area contributed by atoms with Gasteiger partial charge in [0.15, 0.2) is 5.75 Å². The van der Waals surface area contributed by atoms with Crippen molar-refractivity contribution in [1.29, 1.82) is 5.26 Å². The van der Waals surface area contributed by atoms with Gasteiger partial charge in [0, 0.05) is 16.7 Å². The van der Waals surface area contributed by atoms with Gasteiger partial charge in [-0.3, -0.25) is 0 Å². The van der Waals surface area contributed by atoms with Crippen molar-refractivity contribution in [2.24, 2.45) is 0 Å². The zero-order valence-electron chi connectivity index (χ0n) is 15.1. The molecule has 138 valence electrons. The molecule has 2 aromatic carbocycles. The van der Waals surface area contributed by atoms with Crippen molar-refractivity contribution >= 4 is 23.2 Å². The van der Waals surface area contributed by atoms with Crippen LogP contribution in [-0.2, 0) is 0 Å². The van der Waals surface area contributed by atoms with Crippen LogP contribution in [0.3, 0.4) is 0 Å². The molecule has 0 radical (unpaired) electrons. The van der Waals surface area contributed by atoms with Crippen LogP contribution in [0.1, 0.15) is 22.4 Å². The third-order valence-electron chi connectivity index (χ3n) is 3.67. The number of aromatic nitrogens is 1. The highest BCUT2D eigenvalue weighted by Crippen LogP contribution is 2.36. The zero-order valence-corrected chi connectivity index (χ0v) is 16.6. The van der Waals surface area contributed by atoms with Gasteiger partial charge < -0.3 is 9.47 Å². The molecule has 0 aliphatic carbocycles. The van der Waals surface area contributed by atoms with Crippen LogP contribution in [0.25, 0.3) is 0 Å². The lowest BCUT2D eigenvalue weighted by atomic mass is 10.1. The Balaban J connectivity index is 1.99. The topological polar surface area (TPSA) is 55.1 Å². The molecule has 0 atom stereocenters. The minimum absolute atomic E-state index is 0.190. The molecule has 1 heterocycles. The van der Waals surface area contributed by atoms with E-state index in [1.807, 2.05) is 37.3 Å². The third-order valence-corrected chi connectivity index (χ3v) is 4.23. The van der Waals surface area contributed by atoms with E-state index in [2.05, 4.69) is 16.8 Å². The molecule has 0 bridgehead atoms. The summed E-state index contributed by atoms with van der Waals surface area (Å²) in [6, 6.07) is 16.2. The summed E-state index contributed by atoms with van der Waals surface area (Å²) in [5.74, 6) is 6.91. The first kappa shape index (κ1) is 19.6. The Morgan fingerprint density at radius 3 is 2.54 bits per heavy atom. The van der Waals surface area contributed by atoms with Gasteiger partial charge >= 0.3 is 0 Å². The van der Waals surface area contributed by atoms with Gasteiger partial charge in [-0.05, 0) is 48.7 Å². The number of nitriles is 1. The van der Waals surface area contributed by atoms with Gasteiger partial charge in [0.25, 0.3) is 0 Å². The number of methoxy groups -OCH3 is 1. The summed E-state index contributed by atoms with van der Waals surface area (Å²) in [5, 5.41) is 9.67. The molecule has 6 heteroatoms. The lowest BCUT2D eigenvalue weighted by Crippen LogP contribution is -1.96. The predicted octanol–water partition coefficient (Wildman–Crippen LogP) is 5.77. The average Bonchev–Trinajstić information content (AvgIpc) is 2.68. The Bertz CT molecular complexity index is 1140. The Kier molecular flexibility index (Phi) is 6.06. The maximum absolute atomic E-state index is 9.09. The van der Waals surface area contributed by atoms with Gasteiger partial charge in [0.05, 0.1) is 18.7 Å². The van der Waals surface area contributed by atoms with Crippen LogP contribution in [0.4, 0.5) is 0 Å². The molecule has 0 saturated heterocycles. The second kappa shape index (κ2) is 8.67. The molecule has 3 rings (SSSR count). The van der Waals surface area contributed by atoms with E-state index >= 15 is 0 Å². The predicted molar refractivity (Wildman–Crippen MR) is 109 cm³/mol. The molecule has 28 heavy (non-hydrogen) atoms. The lowest BCUT2D eigenvalue weighted by molar-refractivity contribution is 0.392. The molecule has 4 nitrogen and oxygen atoms in total. The number of nitrogens with zero attached hydrogens (tertiary/aromatic N) is 2. The number of hydrogen-bond acceptors (Lipinski definition) is 4. The number of aryl methyl sites for hydroxylation is 1. The number of hydrogen-bond donors (Lipinski definition) is 0. The van der Waals surface area contributed by atoms with Gasteiger partial charge in [0.1, 0.15) is 16.5 Å². The van der Waals surface area contributed by atoms with Crippen LogP contribution in [0.2, 0.25) is 10.0 Å². The van der Waals surface area contributed by atoms with Crippen LogP contribution in [-0.4, -0.2) is 12.1 Å². The molecule has 1 aromatic heterocycles. The van der Waals surface area contributed by atoms with Crippen molar-refractivity contribution in [3.63, 3.8) is 0 Å². The first-order valence-corrected chi connectivity index (χ1v) is 8.96. The highest BCUT2D eigenvalue weighted by atomic mass is 35.5. The second-order valence-corrected chi connectivity index (χ2v) is 6.65. The number of rotatable bonds is 3. The molecular weight excluding hydrogens is 395 g/mol. The molecule has 0 N–H and O–H groups in total. The van der Waals surface area contributed by atoms with E-state index in [9.17, 15) is 0 Å². The molecular formula is C22H14Cl2N2O2. The number of benzene rings is 2. The summed E-state index contributed by atoms with van der Waals surface area (Å²) in [6.45, 7) is 2.00. The quantitative estimate of drug-likeness (QED) is 0.516. The Morgan fingerprint density at radius 2 is 1.82 bits per heavy atom. The molecule has 3 aromatic rings. The van der Waals surface area contributed by atoms with Crippen molar-refractivity contribution in [3.8, 4) is 35.3 Å². The van der Waals surface area contributed by atoms with Crippen molar-refractivity contribution in [2.75, 3.05) is 7.11 Å². The first-order valence-electron chi connectivity index (χ1n) is 8.20. The fourth-order valence-electron chi connectivity index (χ4n) is 2.43. The van der Waals surface area contributed by atoms with Gasteiger partial charge in [-0.25, -0.2) is 4.98 Å². The number of halogens is 2. The van der Waals surface area contributed by atoms with Crippen molar-refractivity contribution in [2.45, 2.75) is 6.92 Å². The highest BCUT2D eigenvalue weighted by molar-refractivity contribution is 6.33. The van der Waals surface area contributed by atoms with E-state index in [-0.39, 0.29) is 10.9 Å². The Hall–Kier alpha value is -3.18. The Morgan fingerprint density at radius 1 is 1.00 bits per heavy atom. The monoisotopic (exact) mass is 408 g/mol. The van der Waals surface area contributed by atoms with Gasteiger partial charge in [-0.2, -0.15) is 5.26 Å². The fraction of sp³-hybridized carbons (Fsp3) is 0.0909. The number of ether oxygens (including phenoxy) is 2. The van der Waals surface area contributed by atoms with Gasteiger partial charge in [-0.15, -0.1) is 0 Å². The second-order valence-electron chi connectivity index (χ2n) is 5.84. The summed E-state index contributed by atoms with van der Waals surface area (Å²) in [7, 11) is 1.46. The summed E-state index contributed by atoms with van der Waals surface area (Å²) in [5.41, 5.74) is 2.79. The van der Waals surface area contributed by atoms with Crippen molar-refractivity contribution in [3.05, 3.63) is 81.0 Å². The maximum atomic E-state index is 9.09. The molecule has 0 aliphatic rings. The van der Waals surface area contributed by atoms with E-state index in [0.29, 0.717) is 27.8 Å². The summed E-state index contributed by atoms with van der Waals surface area (Å²) >= 11 is 12.4. The van der Waals surface area contributed by atoms with E-state index in [4.69, 9.17) is 37.9 Å².